The van der Waals surface area contributed by atoms with E-state index in [0.717, 1.165) is 22.9 Å². The molecule has 112 valence electrons. The van der Waals surface area contributed by atoms with Gasteiger partial charge in [0.1, 0.15) is 0 Å². The summed E-state index contributed by atoms with van der Waals surface area (Å²) in [4.78, 5) is 0. The third-order valence-electron chi connectivity index (χ3n) is 4.11. The molecule has 1 fully saturated rings. The van der Waals surface area contributed by atoms with Crippen molar-refractivity contribution in [2.75, 3.05) is 14.2 Å². The zero-order valence-electron chi connectivity index (χ0n) is 11.9. The van der Waals surface area contributed by atoms with Crippen LogP contribution in [0.4, 0.5) is 0 Å². The lowest BCUT2D eigenvalue weighted by molar-refractivity contribution is 0.0842. The topological polar surface area (TPSA) is 64.7 Å². The van der Waals surface area contributed by atoms with Crippen molar-refractivity contribution in [3.05, 3.63) is 22.2 Å². The van der Waals surface area contributed by atoms with Crippen LogP contribution in [0.1, 0.15) is 37.3 Å². The van der Waals surface area contributed by atoms with Crippen LogP contribution < -0.4 is 15.2 Å². The van der Waals surface area contributed by atoms with Crippen LogP contribution in [-0.2, 0) is 0 Å². The molecule has 0 saturated heterocycles. The van der Waals surface area contributed by atoms with Gasteiger partial charge in [-0.25, -0.2) is 0 Å². The number of aliphatic hydroxyl groups excluding tert-OH is 1. The van der Waals surface area contributed by atoms with Crippen molar-refractivity contribution in [1.29, 1.82) is 0 Å². The molecular formula is C15H22BrNO3. The average molecular weight is 344 g/mol. The molecule has 0 aliphatic heterocycles. The fourth-order valence-electron chi connectivity index (χ4n) is 2.90. The maximum absolute atomic E-state index is 10.5. The molecule has 3 N–H and O–H groups in total. The summed E-state index contributed by atoms with van der Waals surface area (Å²) in [6.07, 6.45) is 3.95. The third kappa shape index (κ3) is 3.10. The molecule has 2 atom stereocenters. The molecule has 20 heavy (non-hydrogen) atoms. The molecule has 2 rings (SSSR count). The summed E-state index contributed by atoms with van der Waals surface area (Å²) in [5.41, 5.74) is 7.11. The number of rotatable bonds is 5. The first-order chi connectivity index (χ1) is 9.58. The van der Waals surface area contributed by atoms with Gasteiger partial charge in [0.05, 0.1) is 26.4 Å². The minimum absolute atomic E-state index is 0.296. The molecule has 1 saturated carbocycles. The Morgan fingerprint density at radius 1 is 1.20 bits per heavy atom. The van der Waals surface area contributed by atoms with Crippen molar-refractivity contribution in [3.8, 4) is 11.5 Å². The molecule has 1 aliphatic rings. The number of benzene rings is 1. The van der Waals surface area contributed by atoms with Gasteiger partial charge >= 0.3 is 0 Å². The van der Waals surface area contributed by atoms with E-state index in [0.29, 0.717) is 17.4 Å². The maximum Gasteiger partial charge on any atom is 0.161 e. The maximum atomic E-state index is 10.5. The normalized spacial score (nSPS) is 18.9. The van der Waals surface area contributed by atoms with Gasteiger partial charge in [-0.2, -0.15) is 0 Å². The van der Waals surface area contributed by atoms with E-state index in [1.807, 2.05) is 12.1 Å². The van der Waals surface area contributed by atoms with Gasteiger partial charge in [0.2, 0.25) is 0 Å². The molecule has 0 bridgehead atoms. The Kier molecular flexibility index (Phi) is 5.29. The van der Waals surface area contributed by atoms with Crippen molar-refractivity contribution in [2.24, 2.45) is 11.7 Å². The SMILES string of the molecule is COc1cc(Br)c([C@@H](N)[C@@H](O)C2CCCC2)cc1OC. The second-order valence-electron chi connectivity index (χ2n) is 5.29. The van der Waals surface area contributed by atoms with Crippen LogP contribution in [-0.4, -0.2) is 25.4 Å². The van der Waals surface area contributed by atoms with Crippen molar-refractivity contribution < 1.29 is 14.6 Å². The fraction of sp³-hybridized carbons (Fsp3) is 0.600. The van der Waals surface area contributed by atoms with E-state index < -0.39 is 12.1 Å². The monoisotopic (exact) mass is 343 g/mol. The highest BCUT2D eigenvalue weighted by Gasteiger charge is 2.30. The summed E-state index contributed by atoms with van der Waals surface area (Å²) >= 11 is 3.50. The summed E-state index contributed by atoms with van der Waals surface area (Å²) < 4.78 is 11.4. The lowest BCUT2D eigenvalue weighted by Crippen LogP contribution is -2.32. The Balaban J connectivity index is 2.26. The number of nitrogens with two attached hydrogens (primary N) is 1. The van der Waals surface area contributed by atoms with Crippen molar-refractivity contribution >= 4 is 15.9 Å². The van der Waals surface area contributed by atoms with E-state index in [9.17, 15) is 5.11 Å². The molecule has 4 nitrogen and oxygen atoms in total. The smallest absolute Gasteiger partial charge is 0.161 e. The number of aliphatic hydroxyl groups is 1. The number of methoxy groups -OCH3 is 2. The largest absolute Gasteiger partial charge is 0.493 e. The van der Waals surface area contributed by atoms with Crippen LogP contribution in [0.15, 0.2) is 16.6 Å². The van der Waals surface area contributed by atoms with Crippen molar-refractivity contribution in [2.45, 2.75) is 37.8 Å². The van der Waals surface area contributed by atoms with Crippen molar-refractivity contribution in [1.82, 2.24) is 0 Å². The van der Waals surface area contributed by atoms with E-state index >= 15 is 0 Å². The molecule has 1 aliphatic carbocycles. The fourth-order valence-corrected chi connectivity index (χ4v) is 3.49. The van der Waals surface area contributed by atoms with E-state index in [1.54, 1.807) is 14.2 Å². The predicted molar refractivity (Wildman–Crippen MR) is 82.1 cm³/mol. The standard InChI is InChI=1S/C15H22BrNO3/c1-19-12-7-10(11(16)8-13(12)20-2)14(17)15(18)9-5-3-4-6-9/h7-9,14-15,18H,3-6,17H2,1-2H3/t14-,15+/m1/s1. The molecule has 0 amide bonds. The Morgan fingerprint density at radius 3 is 2.30 bits per heavy atom. The molecular weight excluding hydrogens is 322 g/mol. The van der Waals surface area contributed by atoms with Gasteiger partial charge in [-0.3, -0.25) is 0 Å². The highest BCUT2D eigenvalue weighted by molar-refractivity contribution is 9.10. The lowest BCUT2D eigenvalue weighted by Gasteiger charge is -2.26. The summed E-state index contributed by atoms with van der Waals surface area (Å²) in [5.74, 6) is 1.57. The molecule has 5 heteroatoms. The predicted octanol–water partition coefficient (Wildman–Crippen LogP) is 3.02. The Hall–Kier alpha value is -0.780. The first-order valence-corrected chi connectivity index (χ1v) is 7.72. The first kappa shape index (κ1) is 15.6. The second kappa shape index (κ2) is 6.78. The van der Waals surface area contributed by atoms with Gasteiger partial charge in [-0.1, -0.05) is 28.8 Å². The van der Waals surface area contributed by atoms with Gasteiger partial charge in [0.15, 0.2) is 11.5 Å². The summed E-state index contributed by atoms with van der Waals surface area (Å²) in [7, 11) is 3.19. The highest BCUT2D eigenvalue weighted by Crippen LogP contribution is 2.39. The summed E-state index contributed by atoms with van der Waals surface area (Å²) in [5, 5.41) is 10.5. The van der Waals surface area contributed by atoms with Crippen LogP contribution >= 0.6 is 15.9 Å². The van der Waals surface area contributed by atoms with Crippen LogP contribution in [0.25, 0.3) is 0 Å². The molecule has 1 aromatic rings. The van der Waals surface area contributed by atoms with Gasteiger partial charge in [-0.15, -0.1) is 0 Å². The second-order valence-corrected chi connectivity index (χ2v) is 6.14. The lowest BCUT2D eigenvalue weighted by atomic mass is 9.91. The Morgan fingerprint density at radius 2 is 1.75 bits per heavy atom. The summed E-state index contributed by atoms with van der Waals surface area (Å²) in [6.45, 7) is 0. The molecule has 0 heterocycles. The molecule has 0 unspecified atom stereocenters. The molecule has 0 aromatic heterocycles. The number of halogens is 1. The minimum Gasteiger partial charge on any atom is -0.493 e. The van der Waals surface area contributed by atoms with E-state index in [-0.39, 0.29) is 0 Å². The number of ether oxygens (including phenoxy) is 2. The van der Waals surface area contributed by atoms with Crippen molar-refractivity contribution in [3.63, 3.8) is 0 Å². The van der Waals surface area contributed by atoms with E-state index in [1.165, 1.54) is 12.8 Å². The molecule has 1 aromatic carbocycles. The molecule has 0 radical (unpaired) electrons. The average Bonchev–Trinajstić information content (AvgIpc) is 2.99. The van der Waals surface area contributed by atoms with Gasteiger partial charge < -0.3 is 20.3 Å². The molecule has 0 spiro atoms. The summed E-state index contributed by atoms with van der Waals surface area (Å²) in [6, 6.07) is 3.24. The third-order valence-corrected chi connectivity index (χ3v) is 4.80. The number of hydrogen-bond donors (Lipinski definition) is 2. The Labute approximate surface area is 128 Å². The first-order valence-electron chi connectivity index (χ1n) is 6.93. The van der Waals surface area contributed by atoms with E-state index in [2.05, 4.69) is 15.9 Å². The van der Waals surface area contributed by atoms with E-state index in [4.69, 9.17) is 15.2 Å². The minimum atomic E-state index is -0.521. The zero-order valence-corrected chi connectivity index (χ0v) is 13.5. The van der Waals surface area contributed by atoms with Crippen LogP contribution in [0.2, 0.25) is 0 Å². The quantitative estimate of drug-likeness (QED) is 0.862. The zero-order chi connectivity index (χ0) is 14.7. The highest BCUT2D eigenvalue weighted by atomic mass is 79.9. The Bertz CT molecular complexity index is 461. The van der Waals surface area contributed by atoms with Crippen LogP contribution in [0.3, 0.4) is 0 Å². The van der Waals surface area contributed by atoms with Gasteiger partial charge in [0, 0.05) is 4.47 Å². The van der Waals surface area contributed by atoms with Crippen LogP contribution in [0.5, 0.6) is 11.5 Å². The van der Waals surface area contributed by atoms with Gasteiger partial charge in [0.25, 0.3) is 0 Å². The van der Waals surface area contributed by atoms with Gasteiger partial charge in [-0.05, 0) is 36.5 Å². The number of hydrogen-bond acceptors (Lipinski definition) is 4. The van der Waals surface area contributed by atoms with Crippen LogP contribution in [0, 0.1) is 5.92 Å².